The van der Waals surface area contributed by atoms with Gasteiger partial charge < -0.3 is 13.4 Å². The molecule has 0 amide bonds. The smallest absolute Gasteiger partial charge is 0.174 e. The van der Waals surface area contributed by atoms with E-state index in [4.69, 9.17) is 0 Å². The lowest BCUT2D eigenvalue weighted by atomic mass is 9.62. The van der Waals surface area contributed by atoms with Gasteiger partial charge in [0.05, 0.1) is 40.6 Å². The van der Waals surface area contributed by atoms with Gasteiger partial charge in [0.1, 0.15) is 6.33 Å². The first-order chi connectivity index (χ1) is 9.19. The Morgan fingerprint density at radius 1 is 1.10 bits per heavy atom. The molecule has 120 valence electrons. The van der Waals surface area contributed by atoms with Crippen LogP contribution in [0.5, 0.6) is 0 Å². The van der Waals surface area contributed by atoms with Gasteiger partial charge in [-0.1, -0.05) is 33.6 Å². The number of aromatic nitrogens is 2. The number of unbranched alkanes of at least 4 members (excludes halogenated alkanes) is 1. The maximum Gasteiger partial charge on any atom is 0.174 e. The molecule has 5 heteroatoms. The second kappa shape index (κ2) is 12.1. The molecule has 1 heterocycles. The van der Waals surface area contributed by atoms with Crippen LogP contribution in [-0.2, 0) is 0 Å². The van der Waals surface area contributed by atoms with Gasteiger partial charge in [0.2, 0.25) is 0 Å². The fraction of sp³-hybridized carbons (Fsp3) is 0.800. The molecule has 0 radical (unpaired) electrons. The summed E-state index contributed by atoms with van der Waals surface area (Å²) in [4.78, 5) is 0. The van der Waals surface area contributed by atoms with Gasteiger partial charge in [0.25, 0.3) is 0 Å². The van der Waals surface area contributed by atoms with Crippen LogP contribution in [0.2, 0.25) is 20.0 Å². The van der Waals surface area contributed by atoms with Crippen molar-refractivity contribution >= 4 is 14.3 Å². The highest BCUT2D eigenvalue weighted by molar-refractivity contribution is 6.55. The molecule has 1 unspecified atom stereocenters. The number of quaternary nitrogens is 1. The van der Waals surface area contributed by atoms with Crippen molar-refractivity contribution in [3.05, 3.63) is 18.7 Å². The largest absolute Gasteiger partial charge is 0.445 e. The minimum Gasteiger partial charge on any atom is -0.445 e. The van der Waals surface area contributed by atoms with E-state index in [9.17, 15) is 0 Å². The van der Waals surface area contributed by atoms with E-state index in [0.29, 0.717) is 0 Å². The molecule has 1 rings (SSSR count). The van der Waals surface area contributed by atoms with Crippen LogP contribution in [0, 0.1) is 0 Å². The van der Waals surface area contributed by atoms with Crippen LogP contribution < -0.4 is 4.48 Å². The molecule has 0 saturated heterocycles. The zero-order valence-electron chi connectivity index (χ0n) is 15.9. The zero-order chi connectivity index (χ0) is 16.2. The summed E-state index contributed by atoms with van der Waals surface area (Å²) in [5.74, 6) is 0. The van der Waals surface area contributed by atoms with Crippen molar-refractivity contribution in [2.75, 3.05) is 28.2 Å². The molecule has 1 aromatic heterocycles. The Hall–Kier alpha value is -0.700. The van der Waals surface area contributed by atoms with Crippen molar-refractivity contribution in [3.8, 4) is 0 Å². The average Bonchev–Trinajstić information content (AvgIpc) is 2.85. The van der Waals surface area contributed by atoms with Crippen molar-refractivity contribution in [3.63, 3.8) is 0 Å². The predicted octanol–water partition coefficient (Wildman–Crippen LogP) is 2.11. The normalized spacial score (nSPS) is 11.8. The topological polar surface area (TPSA) is 8.81 Å². The first kappa shape index (κ1) is 21.6. The summed E-state index contributed by atoms with van der Waals surface area (Å²) in [5.41, 5.74) is 0. The van der Waals surface area contributed by atoms with Gasteiger partial charge in [-0.2, -0.15) is 13.6 Å². The third-order valence-electron chi connectivity index (χ3n) is 3.19. The Kier molecular flexibility index (Phi) is 13.0. The fourth-order valence-electron chi connectivity index (χ4n) is 1.34. The van der Waals surface area contributed by atoms with Crippen molar-refractivity contribution in [2.24, 2.45) is 0 Å². The molecule has 3 nitrogen and oxygen atoms in total. The molecule has 20 heavy (non-hydrogen) atoms. The molecule has 0 aromatic carbocycles. The summed E-state index contributed by atoms with van der Waals surface area (Å²) in [6.07, 6.45) is 10.6. The number of imidazole rings is 1. The quantitative estimate of drug-likeness (QED) is 0.591. The maximum atomic E-state index is 2.37. The molecular weight excluding hydrogens is 244 g/mol. The standard InChI is InChI=1S/C7H17B2N2.C4H12N.C4H10/c1-4-9(3)11-6-5-10(7-11)8-2;1-5(2,3)4;1-3-4-2/h5-7,9H,4,8H2,1-3H3;1-4H3;3-4H2,1-2H3/q-1;+1;. The molecule has 0 fully saturated rings. The Bertz CT molecular complexity index is 311. The van der Waals surface area contributed by atoms with E-state index in [0.717, 1.165) is 4.48 Å². The van der Waals surface area contributed by atoms with Crippen molar-refractivity contribution in [2.45, 2.75) is 53.6 Å². The maximum absolute atomic E-state index is 2.37. The predicted molar refractivity (Wildman–Crippen MR) is 97.9 cm³/mol. The Morgan fingerprint density at radius 3 is 1.80 bits per heavy atom. The molecular formula is C15H39B2N3. The third kappa shape index (κ3) is 15.4. The van der Waals surface area contributed by atoms with E-state index < -0.39 is 0 Å². The minimum atomic E-state index is -0.111. The summed E-state index contributed by atoms with van der Waals surface area (Å²) in [6, 6.07) is 0. The zero-order valence-corrected chi connectivity index (χ0v) is 15.9. The number of hydrogen-bond acceptors (Lipinski definition) is 0. The number of nitrogens with zero attached hydrogens (tertiary/aromatic N) is 3. The first-order valence-corrected chi connectivity index (χ1v) is 8.75. The Morgan fingerprint density at radius 2 is 1.55 bits per heavy atom. The van der Waals surface area contributed by atoms with E-state index in [2.05, 4.69) is 90.3 Å². The molecule has 0 aliphatic heterocycles. The van der Waals surface area contributed by atoms with Gasteiger partial charge in [-0.05, 0) is 0 Å². The van der Waals surface area contributed by atoms with E-state index >= 15 is 0 Å². The van der Waals surface area contributed by atoms with Gasteiger partial charge in [0.15, 0.2) is 14.3 Å². The highest BCUT2D eigenvalue weighted by Crippen LogP contribution is 1.93. The summed E-state index contributed by atoms with van der Waals surface area (Å²) in [7, 11) is 8.59. The van der Waals surface area contributed by atoms with E-state index in [-0.39, 0.29) is 14.3 Å². The second-order valence-electron chi connectivity index (χ2n) is 7.26. The van der Waals surface area contributed by atoms with E-state index in [1.807, 2.05) is 0 Å². The van der Waals surface area contributed by atoms with Crippen LogP contribution >= 0.6 is 0 Å². The molecule has 0 bridgehead atoms. The van der Waals surface area contributed by atoms with Crippen LogP contribution in [0.1, 0.15) is 33.6 Å². The Balaban J connectivity index is 0. The van der Waals surface area contributed by atoms with E-state index in [1.165, 1.54) is 19.2 Å². The number of rotatable bonds is 4. The monoisotopic (exact) mass is 283 g/mol. The van der Waals surface area contributed by atoms with Crippen molar-refractivity contribution in [1.82, 2.24) is 4.48 Å². The van der Waals surface area contributed by atoms with Crippen LogP contribution in [0.4, 0.5) is 0 Å². The lowest BCUT2D eigenvalue weighted by Crippen LogP contribution is -2.36. The van der Waals surface area contributed by atoms with Crippen LogP contribution in [0.25, 0.3) is 0 Å². The van der Waals surface area contributed by atoms with Crippen LogP contribution in [-0.4, -0.2) is 51.4 Å². The summed E-state index contributed by atoms with van der Waals surface area (Å²) < 4.78 is 5.70. The SMILES string of the molecule is CCCC.C[BH2-][n+]1ccn([BH-](C)CC)c1.C[N+](C)(C)C. The fourth-order valence-corrected chi connectivity index (χ4v) is 1.34. The number of hydrogen-bond donors (Lipinski definition) is 0. The molecule has 0 aliphatic carbocycles. The molecule has 0 N–H and O–H groups in total. The van der Waals surface area contributed by atoms with Crippen LogP contribution in [0.3, 0.4) is 0 Å². The van der Waals surface area contributed by atoms with Gasteiger partial charge in [0, 0.05) is 0 Å². The summed E-state index contributed by atoms with van der Waals surface area (Å²) >= 11 is 0. The highest BCUT2D eigenvalue weighted by atomic mass is 15.2. The van der Waals surface area contributed by atoms with Gasteiger partial charge in [-0.15, -0.1) is 6.32 Å². The highest BCUT2D eigenvalue weighted by Gasteiger charge is 2.00. The molecule has 1 aromatic rings. The van der Waals surface area contributed by atoms with E-state index in [1.54, 1.807) is 0 Å². The molecule has 0 saturated carbocycles. The molecule has 0 aliphatic rings. The first-order valence-electron chi connectivity index (χ1n) is 8.75. The van der Waals surface area contributed by atoms with Gasteiger partial charge in [-0.3, -0.25) is 0 Å². The lowest BCUT2D eigenvalue weighted by molar-refractivity contribution is -0.849. The molecule has 0 spiro atoms. The molecule has 1 atom stereocenters. The van der Waals surface area contributed by atoms with Gasteiger partial charge in [-0.25, -0.2) is 0 Å². The van der Waals surface area contributed by atoms with Crippen molar-refractivity contribution in [1.29, 1.82) is 0 Å². The lowest BCUT2D eigenvalue weighted by Gasteiger charge is -2.14. The minimum absolute atomic E-state index is 0.0907. The average molecular weight is 283 g/mol. The Labute approximate surface area is 128 Å². The van der Waals surface area contributed by atoms with Crippen molar-refractivity contribution < 1.29 is 8.96 Å². The van der Waals surface area contributed by atoms with Crippen LogP contribution in [0.15, 0.2) is 18.7 Å². The van der Waals surface area contributed by atoms with Gasteiger partial charge >= 0.3 is 0 Å². The third-order valence-corrected chi connectivity index (χ3v) is 3.19. The second-order valence-corrected chi connectivity index (χ2v) is 7.26. The summed E-state index contributed by atoms with van der Waals surface area (Å²) in [6.45, 7) is 11.1. The summed E-state index contributed by atoms with van der Waals surface area (Å²) in [5, 5.41) is 0.